The summed E-state index contributed by atoms with van der Waals surface area (Å²) in [6, 6.07) is 18.2. The maximum absolute atomic E-state index is 13.4. The number of phosphoric acid groups is 2. The third-order valence-electron chi connectivity index (χ3n) is 12.8. The zero-order valence-corrected chi connectivity index (χ0v) is 40.4. The van der Waals surface area contributed by atoms with Crippen LogP contribution in [-0.4, -0.2) is 118 Å². The second-order valence-electron chi connectivity index (χ2n) is 17.7. The van der Waals surface area contributed by atoms with Crippen molar-refractivity contribution in [3.05, 3.63) is 120 Å². The second kappa shape index (κ2) is 19.2. The van der Waals surface area contributed by atoms with E-state index in [1.807, 2.05) is 19.1 Å². The van der Waals surface area contributed by atoms with Gasteiger partial charge in [-0.05, 0) is 87.4 Å². The predicted molar refractivity (Wildman–Crippen MR) is 240 cm³/mol. The fourth-order valence-corrected chi connectivity index (χ4v) is 12.1. The van der Waals surface area contributed by atoms with Gasteiger partial charge in [0.05, 0.1) is 72.4 Å². The first-order valence-corrected chi connectivity index (χ1v) is 25.5. The maximum Gasteiger partial charge on any atom is 0.475 e. The number of fused-ring (bicyclic) bond motifs is 3. The molecule has 24 nitrogen and oxygen atoms in total. The molecule has 0 spiro atoms. The SMILES string of the molecule is Cc1ncnn2c([C@]3(C#N)O[C@H](CO[P@@]4(=O)OCC[C@@H](c5ccncc5)O4)[C@@H](O)[C@H]3O)ccc12.Cc1ncnn2c([C@]3(C#N)O[C@H](CO[P@@]4(=O)OCC[C@@H](c5ccncc5)O4)[C@H]4OC(C)(C)O[C@H]43)ccc12. The monoisotopic (exact) mass is 1010 g/mol. The molecule has 0 bridgehead atoms. The van der Waals surface area contributed by atoms with Gasteiger partial charge >= 0.3 is 15.6 Å². The summed E-state index contributed by atoms with van der Waals surface area (Å²) < 4.78 is 87.3. The predicted octanol–water partition coefficient (Wildman–Crippen LogP) is 4.95. The van der Waals surface area contributed by atoms with Gasteiger partial charge in [0.1, 0.15) is 61.4 Å². The van der Waals surface area contributed by atoms with Crippen molar-refractivity contribution in [3.63, 3.8) is 0 Å². The van der Waals surface area contributed by atoms with E-state index in [9.17, 15) is 29.9 Å². The Hall–Kier alpha value is -5.50. The molecule has 2 N–H and O–H groups in total. The van der Waals surface area contributed by atoms with Crippen LogP contribution in [0, 0.1) is 36.5 Å². The third kappa shape index (κ3) is 9.09. The summed E-state index contributed by atoms with van der Waals surface area (Å²) in [6.45, 7) is 6.85. The van der Waals surface area contributed by atoms with Crippen molar-refractivity contribution in [2.75, 3.05) is 26.4 Å². The van der Waals surface area contributed by atoms with Crippen LogP contribution >= 0.6 is 15.6 Å². The van der Waals surface area contributed by atoms with Crippen LogP contribution in [-0.2, 0) is 66.4 Å². The first kappa shape index (κ1) is 49.1. The van der Waals surface area contributed by atoms with E-state index in [1.54, 1.807) is 92.5 Å². The topological polar surface area (TPSA) is 301 Å². The molecule has 0 aliphatic carbocycles. The molecule has 5 aliphatic heterocycles. The zero-order chi connectivity index (χ0) is 49.8. The van der Waals surface area contributed by atoms with Gasteiger partial charge in [0.15, 0.2) is 5.79 Å². The highest BCUT2D eigenvalue weighted by atomic mass is 31.2. The lowest BCUT2D eigenvalue weighted by Gasteiger charge is -2.31. The molecule has 71 heavy (non-hydrogen) atoms. The van der Waals surface area contributed by atoms with Gasteiger partial charge in [-0.1, -0.05) is 0 Å². The Morgan fingerprint density at radius 3 is 1.68 bits per heavy atom. The lowest BCUT2D eigenvalue weighted by Crippen LogP contribution is -2.41. The molecule has 5 aliphatic rings. The molecule has 12 atom stereocenters. The Morgan fingerprint density at radius 1 is 0.690 bits per heavy atom. The average molecular weight is 1010 g/mol. The van der Waals surface area contributed by atoms with Crippen molar-refractivity contribution in [2.45, 2.75) is 106 Å². The lowest BCUT2D eigenvalue weighted by molar-refractivity contribution is -0.204. The van der Waals surface area contributed by atoms with Crippen LogP contribution in [0.25, 0.3) is 11.0 Å². The van der Waals surface area contributed by atoms with E-state index in [1.165, 1.54) is 17.2 Å². The quantitative estimate of drug-likeness (QED) is 0.172. The summed E-state index contributed by atoms with van der Waals surface area (Å²) in [7, 11) is -7.91. The van der Waals surface area contributed by atoms with Crippen LogP contribution in [0.3, 0.4) is 0 Å². The van der Waals surface area contributed by atoms with Crippen molar-refractivity contribution in [1.82, 2.24) is 39.2 Å². The Morgan fingerprint density at radius 2 is 1.17 bits per heavy atom. The van der Waals surface area contributed by atoms with Crippen molar-refractivity contribution in [1.29, 1.82) is 10.5 Å². The second-order valence-corrected chi connectivity index (χ2v) is 20.9. The number of ether oxygens (including phenoxy) is 4. The largest absolute Gasteiger partial charge is 0.475 e. The van der Waals surface area contributed by atoms with Gasteiger partial charge in [-0.25, -0.2) is 28.1 Å². The summed E-state index contributed by atoms with van der Waals surface area (Å²) >= 11 is 0. The number of hydrogen-bond acceptors (Lipinski definition) is 22. The number of nitriles is 2. The van der Waals surface area contributed by atoms with Gasteiger partial charge in [0.2, 0.25) is 11.2 Å². The number of aryl methyl sites for hydroxylation is 2. The van der Waals surface area contributed by atoms with Crippen LogP contribution in [0.4, 0.5) is 0 Å². The molecule has 26 heteroatoms. The number of nitrogens with zero attached hydrogens (tertiary/aromatic N) is 10. The van der Waals surface area contributed by atoms with E-state index in [-0.39, 0.29) is 25.5 Å². The molecular formula is C45H48N10O14P2. The highest BCUT2D eigenvalue weighted by molar-refractivity contribution is 7.48. The summed E-state index contributed by atoms with van der Waals surface area (Å²) in [5, 5.41) is 50.4. The number of aliphatic hydroxyl groups is 2. The average Bonchev–Trinajstić information content (AvgIpc) is 4.20. The highest BCUT2D eigenvalue weighted by Crippen LogP contribution is 2.59. The molecule has 0 amide bonds. The number of phosphoric ester groups is 2. The minimum Gasteiger partial charge on any atom is -0.387 e. The molecule has 372 valence electrons. The molecule has 5 saturated heterocycles. The number of aliphatic hydroxyl groups excluding tert-OH is 2. The van der Waals surface area contributed by atoms with Gasteiger partial charge in [-0.3, -0.25) is 37.1 Å². The lowest BCUT2D eigenvalue weighted by atomic mass is 9.92. The Bertz CT molecular complexity index is 3100. The van der Waals surface area contributed by atoms with Gasteiger partial charge in [-0.2, -0.15) is 20.7 Å². The van der Waals surface area contributed by atoms with Gasteiger partial charge in [-0.15, -0.1) is 0 Å². The van der Waals surface area contributed by atoms with Gasteiger partial charge in [0, 0.05) is 37.6 Å². The van der Waals surface area contributed by atoms with Gasteiger partial charge < -0.3 is 29.2 Å². The Labute approximate surface area is 405 Å². The Balaban J connectivity index is 0.000000165. The van der Waals surface area contributed by atoms with E-state index >= 15 is 0 Å². The minimum absolute atomic E-state index is 0.137. The summed E-state index contributed by atoms with van der Waals surface area (Å²) in [5.74, 6) is -0.980. The van der Waals surface area contributed by atoms with Crippen LogP contribution < -0.4 is 0 Å². The standard InChI is InChI=1S/C24H26N5O7P.C21H22N5O7P/c1-15-17-4-5-20(29(17)28-14-27-15)24(13-25)22-21(34-23(2,3)35-22)19(33-24)12-32-37(30)31-11-8-18(36-37)16-6-9-26-10-7-16;1-13-15-2-3-18(26(15)25-12-24-13)21(11-22)20(28)19(27)17(32-21)10-31-34(29)30-9-6-16(33-34)14-4-7-23-8-5-14/h4-7,9-10,14,18-19,21-22H,8,11-12H2,1-3H3;2-5,7-8,12,16-17,19-20,27-28H,6,9-10H2,1H3/t18-,19+,21+,22+,24-,37+;16-,17+,19+,20+,21-,34+/m00/s1. The summed E-state index contributed by atoms with van der Waals surface area (Å²) in [5.41, 5.74) is 1.56. The molecule has 0 unspecified atom stereocenters. The van der Waals surface area contributed by atoms with E-state index in [2.05, 4.69) is 36.2 Å². The molecule has 0 radical (unpaired) electrons. The van der Waals surface area contributed by atoms with Gasteiger partial charge in [0.25, 0.3) is 0 Å². The normalized spacial score (nSPS) is 34.3. The molecule has 11 heterocycles. The van der Waals surface area contributed by atoms with Crippen molar-refractivity contribution < 1.29 is 65.4 Å². The van der Waals surface area contributed by atoms with E-state index in [0.717, 1.165) is 22.3 Å². The molecular weight excluding hydrogens is 966 g/mol. The fourth-order valence-electron chi connectivity index (χ4n) is 9.32. The van der Waals surface area contributed by atoms with Crippen molar-refractivity contribution in [3.8, 4) is 12.1 Å². The van der Waals surface area contributed by atoms with Crippen LogP contribution in [0.5, 0.6) is 0 Å². The fraction of sp³-hybridized carbons (Fsp3) is 0.467. The van der Waals surface area contributed by atoms with E-state index in [0.29, 0.717) is 29.7 Å². The minimum atomic E-state index is -3.99. The first-order chi connectivity index (χ1) is 34.1. The molecule has 6 aromatic rings. The number of aromatic nitrogens is 8. The van der Waals surface area contributed by atoms with Crippen molar-refractivity contribution in [2.24, 2.45) is 0 Å². The number of rotatable bonds is 10. The molecule has 6 aromatic heterocycles. The third-order valence-corrected chi connectivity index (χ3v) is 15.7. The summed E-state index contributed by atoms with van der Waals surface area (Å²) in [4.78, 5) is 16.3. The molecule has 0 saturated carbocycles. The van der Waals surface area contributed by atoms with E-state index in [4.69, 9.17) is 46.1 Å². The van der Waals surface area contributed by atoms with Crippen molar-refractivity contribution >= 4 is 26.7 Å². The smallest absolute Gasteiger partial charge is 0.387 e. The molecule has 0 aromatic carbocycles. The zero-order valence-electron chi connectivity index (χ0n) is 38.6. The first-order valence-electron chi connectivity index (χ1n) is 22.5. The molecule has 11 rings (SSSR count). The van der Waals surface area contributed by atoms with Crippen LogP contribution in [0.1, 0.15) is 72.8 Å². The number of hydrogen-bond donors (Lipinski definition) is 2. The van der Waals surface area contributed by atoms with Crippen LogP contribution in [0.2, 0.25) is 0 Å². The Kier molecular flexibility index (Phi) is 13.3. The number of pyridine rings is 2. The maximum atomic E-state index is 13.4. The molecule has 5 fully saturated rings. The van der Waals surface area contributed by atoms with E-state index < -0.39 is 88.1 Å². The highest BCUT2D eigenvalue weighted by Gasteiger charge is 2.66. The van der Waals surface area contributed by atoms with Crippen LogP contribution in [0.15, 0.2) is 86.0 Å². The summed E-state index contributed by atoms with van der Waals surface area (Å²) in [6.07, 6.45) is 2.62.